The number of benzene rings is 1. The number of hydrogen-bond donors (Lipinski definition) is 0. The van der Waals surface area contributed by atoms with Gasteiger partial charge in [-0.15, -0.1) is 0 Å². The molecule has 0 saturated carbocycles. The predicted octanol–water partition coefficient (Wildman–Crippen LogP) is 3.08. The van der Waals surface area contributed by atoms with Gasteiger partial charge in [0, 0.05) is 38.4 Å². The average Bonchev–Trinajstić information content (AvgIpc) is 3.13. The van der Waals surface area contributed by atoms with Gasteiger partial charge < -0.3 is 24.2 Å². The topological polar surface area (TPSA) is 82.6 Å². The standard InChI is InChI=1S/C24H33FN4O5/c1-24(2,3)34-23(32)27-11-12-28-18(14-27)15-29(22(28)31)20-6-5-17(13-19(20)25)26-9-7-16(8-10-26)21(30)33-4/h5-6,13,16,18H,7-12,14-15H2,1-4H3/t18-/m0/s1. The van der Waals surface area contributed by atoms with Crippen molar-refractivity contribution in [2.45, 2.75) is 45.3 Å². The number of urea groups is 1. The number of halogens is 1. The highest BCUT2D eigenvalue weighted by molar-refractivity contribution is 5.95. The van der Waals surface area contributed by atoms with Crippen molar-refractivity contribution in [3.63, 3.8) is 0 Å². The third-order valence-corrected chi connectivity index (χ3v) is 6.62. The van der Waals surface area contributed by atoms with E-state index in [1.165, 1.54) is 18.1 Å². The molecule has 3 aliphatic heterocycles. The SMILES string of the molecule is COC(=O)C1CCN(c2ccc(N3C[C@@H]4CN(C(=O)OC(C)(C)C)CCN4C3=O)c(F)c2)CC1. The zero-order valence-corrected chi connectivity index (χ0v) is 20.3. The van der Waals surface area contributed by atoms with E-state index in [1.807, 2.05) is 31.7 Å². The van der Waals surface area contributed by atoms with Crippen molar-refractivity contribution in [3.8, 4) is 0 Å². The lowest BCUT2D eigenvalue weighted by Crippen LogP contribution is -2.54. The number of anilines is 2. The van der Waals surface area contributed by atoms with Gasteiger partial charge in [0.15, 0.2) is 0 Å². The largest absolute Gasteiger partial charge is 0.469 e. The quantitative estimate of drug-likeness (QED) is 0.624. The Kier molecular flexibility index (Phi) is 6.60. The molecule has 3 heterocycles. The van der Waals surface area contributed by atoms with E-state index in [4.69, 9.17) is 9.47 Å². The van der Waals surface area contributed by atoms with Crippen LogP contribution in [0.1, 0.15) is 33.6 Å². The van der Waals surface area contributed by atoms with Crippen molar-refractivity contribution < 1.29 is 28.2 Å². The first-order chi connectivity index (χ1) is 16.1. The van der Waals surface area contributed by atoms with Crippen molar-refractivity contribution in [2.24, 2.45) is 5.92 Å². The second-order valence-corrected chi connectivity index (χ2v) is 10.1. The summed E-state index contributed by atoms with van der Waals surface area (Å²) in [6, 6.07) is 4.43. The number of ether oxygens (including phenoxy) is 2. The molecule has 4 rings (SSSR count). The van der Waals surface area contributed by atoms with E-state index in [9.17, 15) is 14.4 Å². The summed E-state index contributed by atoms with van der Waals surface area (Å²) in [5.74, 6) is -0.787. The molecular formula is C24H33FN4O5. The van der Waals surface area contributed by atoms with Gasteiger partial charge in [0.2, 0.25) is 0 Å². The van der Waals surface area contributed by atoms with E-state index < -0.39 is 17.5 Å². The molecule has 0 aromatic heterocycles. The van der Waals surface area contributed by atoms with Crippen LogP contribution in [0.4, 0.5) is 25.4 Å². The van der Waals surface area contributed by atoms with Crippen molar-refractivity contribution in [1.29, 1.82) is 0 Å². The molecule has 0 N–H and O–H groups in total. The lowest BCUT2D eigenvalue weighted by atomic mass is 9.96. The maximum absolute atomic E-state index is 15.2. The van der Waals surface area contributed by atoms with Crippen LogP contribution in [0.15, 0.2) is 18.2 Å². The number of nitrogens with zero attached hydrogens (tertiary/aromatic N) is 4. The van der Waals surface area contributed by atoms with Gasteiger partial charge in [0.25, 0.3) is 0 Å². The molecule has 0 bridgehead atoms. The molecule has 3 aliphatic rings. The van der Waals surface area contributed by atoms with E-state index in [0.717, 1.165) is 5.69 Å². The number of carbonyl (C=O) groups excluding carboxylic acids is 3. The molecule has 3 amide bonds. The van der Waals surface area contributed by atoms with Crippen molar-refractivity contribution in [3.05, 3.63) is 24.0 Å². The van der Waals surface area contributed by atoms with Gasteiger partial charge >= 0.3 is 18.1 Å². The van der Waals surface area contributed by atoms with Crippen LogP contribution in [0.25, 0.3) is 0 Å². The van der Waals surface area contributed by atoms with E-state index in [-0.39, 0.29) is 29.6 Å². The summed E-state index contributed by atoms with van der Waals surface area (Å²) in [7, 11) is 1.39. The minimum Gasteiger partial charge on any atom is -0.469 e. The molecule has 1 atom stereocenters. The van der Waals surface area contributed by atoms with Crippen molar-refractivity contribution >= 4 is 29.5 Å². The average molecular weight is 477 g/mol. The molecule has 3 fully saturated rings. The highest BCUT2D eigenvalue weighted by Gasteiger charge is 2.43. The summed E-state index contributed by atoms with van der Waals surface area (Å²) >= 11 is 0. The monoisotopic (exact) mass is 476 g/mol. The molecule has 186 valence electrons. The van der Waals surface area contributed by atoms with Crippen LogP contribution in [-0.4, -0.2) is 85.9 Å². The third kappa shape index (κ3) is 4.90. The number of piperazine rings is 1. The molecule has 0 radical (unpaired) electrons. The van der Waals surface area contributed by atoms with Gasteiger partial charge in [-0.2, -0.15) is 0 Å². The second kappa shape index (κ2) is 9.31. The van der Waals surface area contributed by atoms with Crippen LogP contribution in [0.2, 0.25) is 0 Å². The Bertz CT molecular complexity index is 957. The molecule has 1 aromatic carbocycles. The van der Waals surface area contributed by atoms with Gasteiger partial charge in [-0.1, -0.05) is 0 Å². The maximum Gasteiger partial charge on any atom is 0.410 e. The first-order valence-electron chi connectivity index (χ1n) is 11.8. The first-order valence-corrected chi connectivity index (χ1v) is 11.8. The molecule has 3 saturated heterocycles. The lowest BCUT2D eigenvalue weighted by molar-refractivity contribution is -0.146. The minimum atomic E-state index is -0.592. The zero-order valence-electron chi connectivity index (χ0n) is 20.3. The molecule has 9 nitrogen and oxygen atoms in total. The first kappa shape index (κ1) is 24.1. The Morgan fingerprint density at radius 3 is 2.38 bits per heavy atom. The summed E-state index contributed by atoms with van der Waals surface area (Å²) < 4.78 is 25.4. The number of amides is 3. The van der Waals surface area contributed by atoms with Crippen LogP contribution in [-0.2, 0) is 14.3 Å². The van der Waals surface area contributed by atoms with Gasteiger partial charge in [-0.25, -0.2) is 14.0 Å². The number of rotatable bonds is 3. The normalized spacial score (nSPS) is 21.6. The van der Waals surface area contributed by atoms with Crippen LogP contribution in [0.3, 0.4) is 0 Å². The van der Waals surface area contributed by atoms with Crippen LogP contribution >= 0.6 is 0 Å². The van der Waals surface area contributed by atoms with E-state index in [2.05, 4.69) is 0 Å². The summed E-state index contributed by atoms with van der Waals surface area (Å²) in [5, 5.41) is 0. The molecule has 0 spiro atoms. The van der Waals surface area contributed by atoms with Crippen molar-refractivity contribution in [2.75, 3.05) is 56.2 Å². The predicted molar refractivity (Wildman–Crippen MR) is 124 cm³/mol. The summed E-state index contributed by atoms with van der Waals surface area (Å²) in [5.41, 5.74) is 0.368. The Balaban J connectivity index is 1.41. The Morgan fingerprint density at radius 1 is 1.06 bits per heavy atom. The Morgan fingerprint density at radius 2 is 1.76 bits per heavy atom. The van der Waals surface area contributed by atoms with Crippen molar-refractivity contribution in [1.82, 2.24) is 9.80 Å². The fraction of sp³-hybridized carbons (Fsp3) is 0.625. The number of methoxy groups -OCH3 is 1. The number of carbonyl (C=O) groups is 3. The molecular weight excluding hydrogens is 443 g/mol. The minimum absolute atomic E-state index is 0.120. The molecule has 10 heteroatoms. The zero-order chi connectivity index (χ0) is 24.6. The molecule has 34 heavy (non-hydrogen) atoms. The summed E-state index contributed by atoms with van der Waals surface area (Å²) in [4.78, 5) is 44.0. The summed E-state index contributed by atoms with van der Waals surface area (Å²) in [6.07, 6.45) is 0.918. The molecule has 1 aromatic rings. The fourth-order valence-electron chi connectivity index (χ4n) is 4.85. The van der Waals surface area contributed by atoms with Gasteiger partial charge in [0.1, 0.15) is 11.4 Å². The van der Waals surface area contributed by atoms with E-state index >= 15 is 4.39 Å². The number of esters is 1. The van der Waals surface area contributed by atoms with Crippen LogP contribution in [0, 0.1) is 11.7 Å². The maximum atomic E-state index is 15.2. The second-order valence-electron chi connectivity index (χ2n) is 10.1. The smallest absolute Gasteiger partial charge is 0.410 e. The van der Waals surface area contributed by atoms with E-state index in [1.54, 1.807) is 15.9 Å². The number of fused-ring (bicyclic) bond motifs is 1. The third-order valence-electron chi connectivity index (χ3n) is 6.62. The van der Waals surface area contributed by atoms with Gasteiger partial charge in [-0.05, 0) is 51.8 Å². The summed E-state index contributed by atoms with van der Waals surface area (Å²) in [6.45, 7) is 8.14. The fourth-order valence-corrected chi connectivity index (χ4v) is 4.85. The Labute approximate surface area is 199 Å². The highest BCUT2D eigenvalue weighted by Crippen LogP contribution is 2.32. The van der Waals surface area contributed by atoms with Gasteiger partial charge in [-0.3, -0.25) is 9.69 Å². The highest BCUT2D eigenvalue weighted by atomic mass is 19.1. The number of piperidine rings is 1. The lowest BCUT2D eigenvalue weighted by Gasteiger charge is -2.36. The molecule has 0 aliphatic carbocycles. The van der Waals surface area contributed by atoms with Crippen LogP contribution in [0.5, 0.6) is 0 Å². The molecule has 0 unspecified atom stereocenters. The Hall–Kier alpha value is -3.04. The van der Waals surface area contributed by atoms with E-state index in [0.29, 0.717) is 52.1 Å². The number of hydrogen-bond acceptors (Lipinski definition) is 6. The van der Waals surface area contributed by atoms with Gasteiger partial charge in [0.05, 0.1) is 31.3 Å². The van der Waals surface area contributed by atoms with Crippen LogP contribution < -0.4 is 9.80 Å².